The van der Waals surface area contributed by atoms with E-state index >= 15 is 0 Å². The van der Waals surface area contributed by atoms with Crippen molar-refractivity contribution in [3.05, 3.63) is 59.7 Å². The molecule has 4 rings (SSSR count). The summed E-state index contributed by atoms with van der Waals surface area (Å²) in [5.41, 5.74) is 0.839. The van der Waals surface area contributed by atoms with Gasteiger partial charge in [-0.1, -0.05) is 36.8 Å². The zero-order valence-electron chi connectivity index (χ0n) is 19.9. The van der Waals surface area contributed by atoms with Crippen LogP contribution in [-0.4, -0.2) is 52.6 Å². The molecule has 1 aromatic rings. The molecule has 2 bridgehead atoms. The number of allylic oxidation sites excluding steroid dienone is 3. The Hall–Kier alpha value is -2.70. The van der Waals surface area contributed by atoms with Crippen molar-refractivity contribution in [3.63, 3.8) is 0 Å². The Kier molecular flexibility index (Phi) is 6.10. The lowest BCUT2D eigenvalue weighted by Gasteiger charge is -2.59. The van der Waals surface area contributed by atoms with E-state index in [-0.39, 0.29) is 17.6 Å². The van der Waals surface area contributed by atoms with Crippen molar-refractivity contribution in [2.45, 2.75) is 70.1 Å². The van der Waals surface area contributed by atoms with Crippen molar-refractivity contribution in [1.29, 1.82) is 0 Å². The molecule has 4 atom stereocenters. The number of benzene rings is 1. The van der Waals surface area contributed by atoms with Crippen molar-refractivity contribution in [1.82, 2.24) is 4.90 Å². The predicted molar refractivity (Wildman–Crippen MR) is 127 cm³/mol. The number of hydrogen-bond donors (Lipinski definition) is 1. The molecule has 3 aliphatic rings. The first-order valence-corrected chi connectivity index (χ1v) is 11.6. The Morgan fingerprint density at radius 1 is 1.36 bits per heavy atom. The third kappa shape index (κ3) is 3.56. The van der Waals surface area contributed by atoms with Gasteiger partial charge in [0, 0.05) is 37.2 Å². The molecule has 0 saturated carbocycles. The first-order valence-electron chi connectivity index (χ1n) is 11.6. The standard InChI is InChI=1S/C27H33NO5/c1-6-14-28-15-13-27-23-18(16-21(28)26(27,5)31)11-12-20(24(23)33-25(27)19(29)7-2)32-22(30)10-8-9-17(3)4/h6,8-12,21,25,31H,1,7,13-16H2,2-5H3/b10-8+/t21-,25+,26-,27+/m1/s1. The van der Waals surface area contributed by atoms with Gasteiger partial charge in [-0.3, -0.25) is 9.69 Å². The van der Waals surface area contributed by atoms with Gasteiger partial charge < -0.3 is 14.6 Å². The van der Waals surface area contributed by atoms with Crippen LogP contribution < -0.4 is 9.47 Å². The second-order valence-corrected chi connectivity index (χ2v) is 9.64. The zero-order chi connectivity index (χ0) is 24.0. The highest BCUT2D eigenvalue weighted by Crippen LogP contribution is 2.62. The SMILES string of the molecule is C=CCN1CC[C@]23c4c(ccc(OC(=O)/C=C/C=C(C)C)c4O[C@H]2C(=O)CC)C[C@@H]1[C@@]3(C)O. The molecule has 2 aliphatic heterocycles. The number of esters is 1. The summed E-state index contributed by atoms with van der Waals surface area (Å²) >= 11 is 0. The Labute approximate surface area is 195 Å². The zero-order valence-corrected chi connectivity index (χ0v) is 19.9. The van der Waals surface area contributed by atoms with E-state index < -0.39 is 23.1 Å². The molecule has 1 saturated heterocycles. The molecule has 1 fully saturated rings. The topological polar surface area (TPSA) is 76.1 Å². The summed E-state index contributed by atoms with van der Waals surface area (Å²) in [5.74, 6) is 0.122. The number of fused-ring (bicyclic) bond motifs is 1. The summed E-state index contributed by atoms with van der Waals surface area (Å²) in [4.78, 5) is 27.8. The second kappa shape index (κ2) is 8.58. The second-order valence-electron chi connectivity index (χ2n) is 9.64. The molecule has 2 heterocycles. The Morgan fingerprint density at radius 3 is 2.79 bits per heavy atom. The van der Waals surface area contributed by atoms with Crippen LogP contribution in [0.3, 0.4) is 0 Å². The first-order chi connectivity index (χ1) is 15.7. The molecule has 6 heteroatoms. The van der Waals surface area contributed by atoms with Gasteiger partial charge in [0.15, 0.2) is 23.4 Å². The smallest absolute Gasteiger partial charge is 0.336 e. The molecule has 0 aromatic heterocycles. The lowest BCUT2D eigenvalue weighted by Crippen LogP contribution is -2.73. The van der Waals surface area contributed by atoms with E-state index in [1.54, 1.807) is 12.1 Å². The normalized spacial score (nSPS) is 29.8. The number of aliphatic hydroxyl groups is 1. The molecule has 6 nitrogen and oxygen atoms in total. The fourth-order valence-electron chi connectivity index (χ4n) is 5.87. The maximum atomic E-state index is 13.1. The van der Waals surface area contributed by atoms with Crippen molar-refractivity contribution in [2.24, 2.45) is 0 Å². The van der Waals surface area contributed by atoms with E-state index in [2.05, 4.69) is 11.5 Å². The number of rotatable bonds is 7. The minimum Gasteiger partial charge on any atom is -0.477 e. The number of carbonyl (C=O) groups is 2. The van der Waals surface area contributed by atoms with Gasteiger partial charge in [0.05, 0.1) is 11.0 Å². The van der Waals surface area contributed by atoms with E-state index in [9.17, 15) is 14.7 Å². The molecule has 1 spiro atoms. The average molecular weight is 452 g/mol. The third-order valence-corrected chi connectivity index (χ3v) is 7.41. The van der Waals surface area contributed by atoms with Crippen molar-refractivity contribution in [2.75, 3.05) is 13.1 Å². The fourth-order valence-corrected chi connectivity index (χ4v) is 5.87. The largest absolute Gasteiger partial charge is 0.477 e. The van der Waals surface area contributed by atoms with Crippen LogP contribution in [0.4, 0.5) is 0 Å². The summed E-state index contributed by atoms with van der Waals surface area (Å²) in [6.45, 7) is 12.8. The monoisotopic (exact) mass is 451 g/mol. The van der Waals surface area contributed by atoms with Gasteiger partial charge in [0.25, 0.3) is 0 Å². The van der Waals surface area contributed by atoms with E-state index in [4.69, 9.17) is 9.47 Å². The molecule has 1 N–H and O–H groups in total. The minimum atomic E-state index is -1.20. The number of carbonyl (C=O) groups excluding carboxylic acids is 2. The number of Topliss-reactive ketones (excluding diaryl/α,β-unsaturated/α-hetero) is 1. The lowest BCUT2D eigenvalue weighted by molar-refractivity contribution is -0.162. The van der Waals surface area contributed by atoms with Gasteiger partial charge in [-0.2, -0.15) is 0 Å². The summed E-state index contributed by atoms with van der Waals surface area (Å²) in [6.07, 6.45) is 7.34. The minimum absolute atomic E-state index is 0.0593. The van der Waals surface area contributed by atoms with Gasteiger partial charge in [0.1, 0.15) is 0 Å². The summed E-state index contributed by atoms with van der Waals surface area (Å²) in [7, 11) is 0. The van der Waals surface area contributed by atoms with E-state index in [0.717, 1.165) is 23.2 Å². The van der Waals surface area contributed by atoms with Gasteiger partial charge >= 0.3 is 5.97 Å². The van der Waals surface area contributed by atoms with Crippen LogP contribution in [0.1, 0.15) is 51.7 Å². The Bertz CT molecular complexity index is 1050. The maximum absolute atomic E-state index is 13.1. The van der Waals surface area contributed by atoms with Gasteiger partial charge in [0.2, 0.25) is 0 Å². The van der Waals surface area contributed by atoms with Crippen molar-refractivity contribution < 1.29 is 24.2 Å². The summed E-state index contributed by atoms with van der Waals surface area (Å²) < 4.78 is 11.9. The fraction of sp³-hybridized carbons (Fsp3) is 0.481. The molecule has 0 radical (unpaired) electrons. The quantitative estimate of drug-likeness (QED) is 0.224. The third-order valence-electron chi connectivity index (χ3n) is 7.41. The van der Waals surface area contributed by atoms with E-state index in [1.807, 2.05) is 45.9 Å². The molecular formula is C27H33NO5. The van der Waals surface area contributed by atoms with Gasteiger partial charge in [-0.25, -0.2) is 4.79 Å². The molecule has 1 aliphatic carbocycles. The number of likely N-dealkylation sites (tertiary alicyclic amines) is 1. The number of ether oxygens (including phenoxy) is 2. The van der Waals surface area contributed by atoms with Crippen LogP contribution in [-0.2, 0) is 21.4 Å². The molecule has 1 aromatic carbocycles. The van der Waals surface area contributed by atoms with Gasteiger partial charge in [-0.15, -0.1) is 6.58 Å². The van der Waals surface area contributed by atoms with Crippen LogP contribution in [0.2, 0.25) is 0 Å². The number of hydrogen-bond acceptors (Lipinski definition) is 6. The molecular weight excluding hydrogens is 418 g/mol. The Morgan fingerprint density at radius 2 is 2.12 bits per heavy atom. The summed E-state index contributed by atoms with van der Waals surface area (Å²) in [6, 6.07) is 3.51. The van der Waals surface area contributed by atoms with Crippen LogP contribution in [0.5, 0.6) is 11.5 Å². The van der Waals surface area contributed by atoms with E-state index in [1.165, 1.54) is 6.08 Å². The number of nitrogens with zero attached hydrogens (tertiary/aromatic N) is 1. The van der Waals surface area contributed by atoms with Crippen LogP contribution in [0, 0.1) is 0 Å². The predicted octanol–water partition coefficient (Wildman–Crippen LogP) is 3.66. The molecule has 176 valence electrons. The molecule has 33 heavy (non-hydrogen) atoms. The van der Waals surface area contributed by atoms with E-state index in [0.29, 0.717) is 31.6 Å². The van der Waals surface area contributed by atoms with Crippen LogP contribution in [0.15, 0.2) is 48.6 Å². The highest BCUT2D eigenvalue weighted by Gasteiger charge is 2.69. The average Bonchev–Trinajstić information content (AvgIpc) is 3.10. The molecule has 0 amide bonds. The van der Waals surface area contributed by atoms with Crippen molar-refractivity contribution in [3.8, 4) is 11.5 Å². The molecule has 0 unspecified atom stereocenters. The number of ketones is 1. The highest BCUT2D eigenvalue weighted by molar-refractivity contribution is 5.89. The number of piperidine rings is 1. The maximum Gasteiger partial charge on any atom is 0.336 e. The summed E-state index contributed by atoms with van der Waals surface area (Å²) in [5, 5.41) is 12.0. The Balaban J connectivity index is 1.81. The first kappa shape index (κ1) is 23.5. The van der Waals surface area contributed by atoms with Gasteiger partial charge in [-0.05, 0) is 45.2 Å². The van der Waals surface area contributed by atoms with Crippen LogP contribution in [0.25, 0.3) is 0 Å². The highest BCUT2D eigenvalue weighted by atomic mass is 16.6. The van der Waals surface area contributed by atoms with Crippen molar-refractivity contribution >= 4 is 11.8 Å². The lowest BCUT2D eigenvalue weighted by atomic mass is 9.53. The van der Waals surface area contributed by atoms with Crippen LogP contribution >= 0.6 is 0 Å².